The second kappa shape index (κ2) is 7.13. The van der Waals surface area contributed by atoms with Crippen LogP contribution in [0.4, 0.5) is 5.82 Å². The van der Waals surface area contributed by atoms with Gasteiger partial charge in [0.25, 0.3) is 5.91 Å². The number of rotatable bonds is 5. The van der Waals surface area contributed by atoms with Gasteiger partial charge in [0.15, 0.2) is 6.61 Å². The third-order valence-corrected chi connectivity index (χ3v) is 4.10. The van der Waals surface area contributed by atoms with Crippen LogP contribution in [0.25, 0.3) is 0 Å². The minimum atomic E-state index is 0.0270. The molecule has 1 aromatic carbocycles. The summed E-state index contributed by atoms with van der Waals surface area (Å²) < 4.78 is 5.59. The van der Waals surface area contributed by atoms with Crippen molar-refractivity contribution in [2.45, 2.75) is 18.9 Å². The molecule has 1 aliphatic rings. The van der Waals surface area contributed by atoms with Gasteiger partial charge in [0, 0.05) is 19.8 Å². The number of benzene rings is 1. The summed E-state index contributed by atoms with van der Waals surface area (Å²) in [6, 6.07) is 13.5. The van der Waals surface area contributed by atoms with E-state index in [4.69, 9.17) is 4.74 Å². The van der Waals surface area contributed by atoms with E-state index >= 15 is 0 Å². The maximum Gasteiger partial charge on any atom is 0.261 e. The number of pyridine rings is 1. The summed E-state index contributed by atoms with van der Waals surface area (Å²) in [7, 11) is 1.84. The Kier molecular flexibility index (Phi) is 4.76. The Labute approximate surface area is 136 Å². The highest BCUT2D eigenvalue weighted by Gasteiger charge is 2.30. The lowest BCUT2D eigenvalue weighted by atomic mass is 10.1. The van der Waals surface area contributed by atoms with E-state index in [2.05, 4.69) is 10.3 Å². The number of carbonyl (C=O) groups is 1. The molecule has 0 unspecified atom stereocenters. The summed E-state index contributed by atoms with van der Waals surface area (Å²) in [6.07, 6.45) is 3.77. The quantitative estimate of drug-likeness (QED) is 0.922. The average Bonchev–Trinajstić information content (AvgIpc) is 3.10. The van der Waals surface area contributed by atoms with E-state index in [9.17, 15) is 4.79 Å². The van der Waals surface area contributed by atoms with Crippen molar-refractivity contribution in [2.75, 3.05) is 25.5 Å². The molecule has 1 aromatic heterocycles. The molecule has 23 heavy (non-hydrogen) atoms. The van der Waals surface area contributed by atoms with Gasteiger partial charge in [-0.05, 0) is 42.7 Å². The summed E-state index contributed by atoms with van der Waals surface area (Å²) in [5.74, 6) is 1.57. The molecule has 1 fully saturated rings. The first-order valence-corrected chi connectivity index (χ1v) is 7.89. The lowest BCUT2D eigenvalue weighted by Crippen LogP contribution is -2.34. The Morgan fingerprint density at radius 1 is 1.35 bits per heavy atom. The van der Waals surface area contributed by atoms with Gasteiger partial charge >= 0.3 is 0 Å². The molecule has 0 aliphatic carbocycles. The molecule has 0 saturated carbocycles. The van der Waals surface area contributed by atoms with Crippen molar-refractivity contribution in [2.24, 2.45) is 0 Å². The highest BCUT2D eigenvalue weighted by atomic mass is 16.5. The van der Waals surface area contributed by atoms with Gasteiger partial charge in [-0.1, -0.05) is 18.2 Å². The van der Waals surface area contributed by atoms with Gasteiger partial charge in [0.1, 0.15) is 11.6 Å². The van der Waals surface area contributed by atoms with Gasteiger partial charge in [0.2, 0.25) is 0 Å². The lowest BCUT2D eigenvalue weighted by molar-refractivity contribution is -0.134. The molecular formula is C18H21N3O2. The standard InChI is InChI=1S/C18H21N3O2/c1-19-17-12-14(9-10-20-17)16-8-5-11-21(16)18(22)13-23-15-6-3-2-4-7-15/h2-4,6-7,9-10,12,16H,5,8,11,13H2,1H3,(H,19,20)/t16-/m0/s1. The molecule has 0 radical (unpaired) electrons. The van der Waals surface area contributed by atoms with Gasteiger partial charge in [-0.2, -0.15) is 0 Å². The normalized spacial score (nSPS) is 17.1. The fourth-order valence-electron chi connectivity index (χ4n) is 2.95. The molecule has 2 heterocycles. The number of hydrogen-bond acceptors (Lipinski definition) is 4. The van der Waals surface area contributed by atoms with Crippen molar-refractivity contribution in [3.05, 3.63) is 54.2 Å². The highest BCUT2D eigenvalue weighted by molar-refractivity contribution is 5.78. The highest BCUT2D eigenvalue weighted by Crippen LogP contribution is 2.32. The lowest BCUT2D eigenvalue weighted by Gasteiger charge is -2.25. The summed E-state index contributed by atoms with van der Waals surface area (Å²) >= 11 is 0. The molecule has 1 N–H and O–H groups in total. The number of ether oxygens (including phenoxy) is 1. The fraction of sp³-hybridized carbons (Fsp3) is 0.333. The number of anilines is 1. The molecule has 0 bridgehead atoms. The predicted octanol–water partition coefficient (Wildman–Crippen LogP) is 2.87. The van der Waals surface area contributed by atoms with Crippen molar-refractivity contribution < 1.29 is 9.53 Å². The number of para-hydroxylation sites is 1. The maximum absolute atomic E-state index is 12.5. The zero-order valence-corrected chi connectivity index (χ0v) is 13.2. The molecule has 1 aliphatic heterocycles. The molecule has 0 spiro atoms. The molecule has 5 nitrogen and oxygen atoms in total. The van der Waals surface area contributed by atoms with Crippen molar-refractivity contribution in [3.8, 4) is 5.75 Å². The monoisotopic (exact) mass is 311 g/mol. The van der Waals surface area contributed by atoms with Crippen LogP contribution in [0.1, 0.15) is 24.4 Å². The van der Waals surface area contributed by atoms with E-state index in [1.807, 2.05) is 54.4 Å². The fourth-order valence-corrected chi connectivity index (χ4v) is 2.95. The number of likely N-dealkylation sites (tertiary alicyclic amines) is 1. The van der Waals surface area contributed by atoms with Crippen molar-refractivity contribution >= 4 is 11.7 Å². The Hall–Kier alpha value is -2.56. The summed E-state index contributed by atoms with van der Waals surface area (Å²) in [5.41, 5.74) is 1.12. The number of aromatic nitrogens is 1. The number of carbonyl (C=O) groups excluding carboxylic acids is 1. The van der Waals surface area contributed by atoms with Crippen LogP contribution in [-0.2, 0) is 4.79 Å². The van der Waals surface area contributed by atoms with Gasteiger partial charge in [-0.15, -0.1) is 0 Å². The van der Waals surface area contributed by atoms with Crippen molar-refractivity contribution in [3.63, 3.8) is 0 Å². The first-order chi connectivity index (χ1) is 11.3. The van der Waals surface area contributed by atoms with Gasteiger partial charge < -0.3 is 15.0 Å². The van der Waals surface area contributed by atoms with E-state index in [0.717, 1.165) is 36.5 Å². The predicted molar refractivity (Wildman–Crippen MR) is 89.4 cm³/mol. The van der Waals surface area contributed by atoms with Crippen molar-refractivity contribution in [1.29, 1.82) is 0 Å². The largest absolute Gasteiger partial charge is 0.484 e. The van der Waals surface area contributed by atoms with Crippen LogP contribution in [-0.4, -0.2) is 36.0 Å². The van der Waals surface area contributed by atoms with E-state index in [0.29, 0.717) is 0 Å². The Morgan fingerprint density at radius 2 is 2.17 bits per heavy atom. The molecule has 120 valence electrons. The second-order valence-corrected chi connectivity index (χ2v) is 5.57. The maximum atomic E-state index is 12.5. The van der Waals surface area contributed by atoms with E-state index < -0.39 is 0 Å². The Bertz CT molecular complexity index is 660. The molecular weight excluding hydrogens is 290 g/mol. The number of nitrogens with zero attached hydrogens (tertiary/aromatic N) is 2. The summed E-state index contributed by atoms with van der Waals surface area (Å²) in [5, 5.41) is 3.04. The number of hydrogen-bond donors (Lipinski definition) is 1. The minimum Gasteiger partial charge on any atom is -0.484 e. The van der Waals surface area contributed by atoms with Crippen LogP contribution in [0.5, 0.6) is 5.75 Å². The number of amides is 1. The molecule has 1 atom stereocenters. The third-order valence-electron chi connectivity index (χ3n) is 4.10. The van der Waals surface area contributed by atoms with Crippen molar-refractivity contribution in [1.82, 2.24) is 9.88 Å². The molecule has 1 saturated heterocycles. The van der Waals surface area contributed by atoms with E-state index in [1.54, 1.807) is 6.20 Å². The Morgan fingerprint density at radius 3 is 2.96 bits per heavy atom. The zero-order chi connectivity index (χ0) is 16.1. The van der Waals surface area contributed by atoms with Gasteiger partial charge in [-0.3, -0.25) is 4.79 Å². The van der Waals surface area contributed by atoms with Gasteiger partial charge in [0.05, 0.1) is 6.04 Å². The summed E-state index contributed by atoms with van der Waals surface area (Å²) in [4.78, 5) is 18.7. The second-order valence-electron chi connectivity index (χ2n) is 5.57. The zero-order valence-electron chi connectivity index (χ0n) is 13.2. The van der Waals surface area contributed by atoms with Crippen LogP contribution >= 0.6 is 0 Å². The summed E-state index contributed by atoms with van der Waals surface area (Å²) in [6.45, 7) is 0.851. The first kappa shape index (κ1) is 15.3. The smallest absolute Gasteiger partial charge is 0.261 e. The van der Waals surface area contributed by atoms with Crippen LogP contribution in [0.2, 0.25) is 0 Å². The molecule has 3 rings (SSSR count). The van der Waals surface area contributed by atoms with E-state index in [-0.39, 0.29) is 18.6 Å². The third kappa shape index (κ3) is 3.62. The van der Waals surface area contributed by atoms with Gasteiger partial charge in [-0.25, -0.2) is 4.98 Å². The molecule has 5 heteroatoms. The SMILES string of the molecule is CNc1cc([C@@H]2CCCN2C(=O)COc2ccccc2)ccn1. The van der Waals surface area contributed by atoms with E-state index in [1.165, 1.54) is 0 Å². The molecule has 2 aromatic rings. The first-order valence-electron chi connectivity index (χ1n) is 7.89. The van der Waals surface area contributed by atoms with Crippen LogP contribution in [0.15, 0.2) is 48.7 Å². The Balaban J connectivity index is 1.67. The molecule has 1 amide bonds. The topological polar surface area (TPSA) is 54.5 Å². The average molecular weight is 311 g/mol. The van der Waals surface area contributed by atoms with Crippen LogP contribution < -0.4 is 10.1 Å². The minimum absolute atomic E-state index is 0.0270. The number of nitrogens with one attached hydrogen (secondary N) is 1. The van der Waals surface area contributed by atoms with Crippen LogP contribution in [0.3, 0.4) is 0 Å². The van der Waals surface area contributed by atoms with Crippen LogP contribution in [0, 0.1) is 0 Å².